The summed E-state index contributed by atoms with van der Waals surface area (Å²) in [4.78, 5) is 13.8. The fraction of sp³-hybridized carbons (Fsp3) is 0.615. The summed E-state index contributed by atoms with van der Waals surface area (Å²) in [5.74, 6) is -0.750. The van der Waals surface area contributed by atoms with Crippen molar-refractivity contribution in [1.82, 2.24) is 4.31 Å². The SMILES string of the molecule is COC(=O)C1CN(S(=O)(=O)c2cc(C)sc2C)CC1C. The van der Waals surface area contributed by atoms with Crippen molar-refractivity contribution >= 4 is 27.3 Å². The Kier molecular flexibility index (Phi) is 4.22. The number of carbonyl (C=O) groups excluding carboxylic acids is 1. The van der Waals surface area contributed by atoms with E-state index >= 15 is 0 Å². The fourth-order valence-electron chi connectivity index (χ4n) is 2.58. The van der Waals surface area contributed by atoms with Crippen LogP contribution in [0.15, 0.2) is 11.0 Å². The monoisotopic (exact) mass is 317 g/mol. The first kappa shape index (κ1) is 15.5. The molecule has 2 unspecified atom stereocenters. The summed E-state index contributed by atoms with van der Waals surface area (Å²) in [6, 6.07) is 1.70. The second-order valence-corrected chi connectivity index (χ2v) is 8.57. The fourth-order valence-corrected chi connectivity index (χ4v) is 5.67. The van der Waals surface area contributed by atoms with E-state index in [2.05, 4.69) is 0 Å². The lowest BCUT2D eigenvalue weighted by atomic mass is 9.99. The molecule has 0 aliphatic carbocycles. The highest BCUT2D eigenvalue weighted by Gasteiger charge is 2.41. The molecule has 1 aromatic rings. The third kappa shape index (κ3) is 2.62. The molecule has 7 heteroatoms. The number of hydrogen-bond donors (Lipinski definition) is 0. The van der Waals surface area contributed by atoms with Gasteiger partial charge in [0.2, 0.25) is 10.0 Å². The van der Waals surface area contributed by atoms with Crippen molar-refractivity contribution in [2.75, 3.05) is 20.2 Å². The van der Waals surface area contributed by atoms with Crippen LogP contribution in [-0.4, -0.2) is 38.9 Å². The molecule has 0 N–H and O–H groups in total. The van der Waals surface area contributed by atoms with E-state index in [-0.39, 0.29) is 24.3 Å². The maximum atomic E-state index is 12.7. The maximum Gasteiger partial charge on any atom is 0.310 e. The van der Waals surface area contributed by atoms with Gasteiger partial charge in [-0.3, -0.25) is 4.79 Å². The molecule has 0 spiro atoms. The van der Waals surface area contributed by atoms with Crippen LogP contribution in [0.2, 0.25) is 0 Å². The summed E-state index contributed by atoms with van der Waals surface area (Å²) >= 11 is 1.47. The Morgan fingerprint density at radius 3 is 2.55 bits per heavy atom. The lowest BCUT2D eigenvalue weighted by Crippen LogP contribution is -2.30. The molecule has 0 saturated carbocycles. The summed E-state index contributed by atoms with van der Waals surface area (Å²) in [6.07, 6.45) is 0. The number of ether oxygens (including phenoxy) is 1. The van der Waals surface area contributed by atoms with E-state index in [1.54, 1.807) is 6.07 Å². The van der Waals surface area contributed by atoms with Crippen LogP contribution in [0.5, 0.6) is 0 Å². The van der Waals surface area contributed by atoms with Gasteiger partial charge in [0.25, 0.3) is 0 Å². The van der Waals surface area contributed by atoms with Crippen LogP contribution in [0.1, 0.15) is 16.7 Å². The first-order valence-corrected chi connectivity index (χ1v) is 8.68. The average molecular weight is 317 g/mol. The quantitative estimate of drug-likeness (QED) is 0.797. The zero-order valence-corrected chi connectivity index (χ0v) is 13.7. The highest BCUT2D eigenvalue weighted by atomic mass is 32.2. The van der Waals surface area contributed by atoms with E-state index in [0.717, 1.165) is 9.75 Å². The molecule has 2 heterocycles. The Labute approximate surface area is 123 Å². The van der Waals surface area contributed by atoms with Crippen LogP contribution < -0.4 is 0 Å². The number of carbonyl (C=O) groups is 1. The smallest absolute Gasteiger partial charge is 0.310 e. The first-order valence-electron chi connectivity index (χ1n) is 6.42. The summed E-state index contributed by atoms with van der Waals surface area (Å²) in [7, 11) is -2.19. The van der Waals surface area contributed by atoms with E-state index < -0.39 is 10.0 Å². The summed E-state index contributed by atoms with van der Waals surface area (Å²) in [6.45, 7) is 6.13. The summed E-state index contributed by atoms with van der Waals surface area (Å²) in [5, 5.41) is 0. The molecule has 1 saturated heterocycles. The number of aryl methyl sites for hydroxylation is 2. The van der Waals surface area contributed by atoms with Crippen LogP contribution in [0, 0.1) is 25.7 Å². The van der Waals surface area contributed by atoms with Gasteiger partial charge in [-0.2, -0.15) is 4.31 Å². The molecular weight excluding hydrogens is 298 g/mol. The molecule has 2 rings (SSSR count). The summed E-state index contributed by atoms with van der Waals surface area (Å²) in [5.41, 5.74) is 0. The lowest BCUT2D eigenvalue weighted by Gasteiger charge is -2.15. The molecular formula is C13H19NO4S2. The second kappa shape index (κ2) is 5.46. The van der Waals surface area contributed by atoms with Gasteiger partial charge in [0.05, 0.1) is 17.9 Å². The van der Waals surface area contributed by atoms with Gasteiger partial charge in [-0.15, -0.1) is 11.3 Å². The van der Waals surface area contributed by atoms with E-state index in [1.807, 2.05) is 20.8 Å². The molecule has 0 aromatic carbocycles. The molecule has 20 heavy (non-hydrogen) atoms. The predicted molar refractivity (Wildman–Crippen MR) is 77.2 cm³/mol. The van der Waals surface area contributed by atoms with Gasteiger partial charge in [0.1, 0.15) is 0 Å². The highest BCUT2D eigenvalue weighted by molar-refractivity contribution is 7.89. The normalized spacial score (nSPS) is 24.0. The molecule has 1 aromatic heterocycles. The lowest BCUT2D eigenvalue weighted by molar-refractivity contribution is -0.145. The van der Waals surface area contributed by atoms with Crippen LogP contribution in [0.3, 0.4) is 0 Å². The zero-order valence-electron chi connectivity index (χ0n) is 12.0. The molecule has 1 aliphatic rings. The molecule has 0 amide bonds. The molecule has 112 valence electrons. The maximum absolute atomic E-state index is 12.7. The van der Waals surface area contributed by atoms with Crippen molar-refractivity contribution in [3.8, 4) is 0 Å². The Hall–Kier alpha value is -0.920. The number of thiophene rings is 1. The van der Waals surface area contributed by atoms with E-state index in [1.165, 1.54) is 22.8 Å². The predicted octanol–water partition coefficient (Wildman–Crippen LogP) is 1.79. The van der Waals surface area contributed by atoms with Crippen molar-refractivity contribution in [3.63, 3.8) is 0 Å². The first-order chi connectivity index (χ1) is 9.27. The van der Waals surface area contributed by atoms with Crippen molar-refractivity contribution in [3.05, 3.63) is 15.8 Å². The molecule has 1 fully saturated rings. The number of hydrogen-bond acceptors (Lipinski definition) is 5. The number of rotatable bonds is 3. The standard InChI is InChI=1S/C13H19NO4S2/c1-8-6-14(7-11(8)13(15)18-4)20(16,17)12-5-9(2)19-10(12)3/h5,8,11H,6-7H2,1-4H3. The highest BCUT2D eigenvalue weighted by Crippen LogP contribution is 2.33. The second-order valence-electron chi connectivity index (χ2n) is 5.21. The van der Waals surface area contributed by atoms with Gasteiger partial charge in [-0.25, -0.2) is 8.42 Å². The third-order valence-corrected chi connectivity index (χ3v) is 6.75. The number of nitrogens with zero attached hydrogens (tertiary/aromatic N) is 1. The van der Waals surface area contributed by atoms with Gasteiger partial charge in [0, 0.05) is 22.8 Å². The van der Waals surface area contributed by atoms with Crippen LogP contribution in [0.25, 0.3) is 0 Å². The van der Waals surface area contributed by atoms with Gasteiger partial charge < -0.3 is 4.74 Å². The Morgan fingerprint density at radius 1 is 1.40 bits per heavy atom. The van der Waals surface area contributed by atoms with Crippen molar-refractivity contribution in [2.45, 2.75) is 25.7 Å². The van der Waals surface area contributed by atoms with Crippen molar-refractivity contribution in [1.29, 1.82) is 0 Å². The average Bonchev–Trinajstić information content (AvgIpc) is 2.92. The Bertz CT molecular complexity index is 620. The van der Waals surface area contributed by atoms with Gasteiger partial charge in [0.15, 0.2) is 0 Å². The number of esters is 1. The van der Waals surface area contributed by atoms with Crippen molar-refractivity contribution in [2.24, 2.45) is 11.8 Å². The molecule has 0 radical (unpaired) electrons. The van der Waals surface area contributed by atoms with E-state index in [0.29, 0.717) is 11.4 Å². The third-order valence-electron chi connectivity index (χ3n) is 3.70. The zero-order chi connectivity index (χ0) is 15.1. The molecule has 5 nitrogen and oxygen atoms in total. The van der Waals surface area contributed by atoms with E-state index in [4.69, 9.17) is 4.74 Å². The minimum absolute atomic E-state index is 0.0303. The topological polar surface area (TPSA) is 63.7 Å². The van der Waals surface area contributed by atoms with Gasteiger partial charge in [-0.05, 0) is 25.8 Å². The van der Waals surface area contributed by atoms with Crippen LogP contribution >= 0.6 is 11.3 Å². The number of methoxy groups -OCH3 is 1. The minimum Gasteiger partial charge on any atom is -0.469 e. The Morgan fingerprint density at radius 2 is 2.05 bits per heavy atom. The van der Waals surface area contributed by atoms with Gasteiger partial charge in [-0.1, -0.05) is 6.92 Å². The molecule has 1 aliphatic heterocycles. The summed E-state index contributed by atoms with van der Waals surface area (Å²) < 4.78 is 31.4. The Balaban J connectivity index is 2.29. The molecule has 0 bridgehead atoms. The van der Waals surface area contributed by atoms with E-state index in [9.17, 15) is 13.2 Å². The number of sulfonamides is 1. The largest absolute Gasteiger partial charge is 0.469 e. The van der Waals surface area contributed by atoms with Crippen LogP contribution in [-0.2, 0) is 19.6 Å². The minimum atomic E-state index is -3.52. The van der Waals surface area contributed by atoms with Crippen LogP contribution in [0.4, 0.5) is 0 Å². The van der Waals surface area contributed by atoms with Gasteiger partial charge >= 0.3 is 5.97 Å². The van der Waals surface area contributed by atoms with Crippen molar-refractivity contribution < 1.29 is 17.9 Å². The molecule has 2 atom stereocenters.